The van der Waals surface area contributed by atoms with E-state index in [-0.39, 0.29) is 30.6 Å². The molecule has 5 heteroatoms. The highest BCUT2D eigenvalue weighted by molar-refractivity contribution is 5.26. The third kappa shape index (κ3) is 3.76. The molecule has 1 nitrogen and oxygen atoms in total. The largest absolute Gasteiger partial charge is 0.391 e. The summed E-state index contributed by atoms with van der Waals surface area (Å²) < 4.78 is 52.5. The van der Waals surface area contributed by atoms with E-state index in [0.717, 1.165) is 12.0 Å². The first-order valence-electron chi connectivity index (χ1n) is 7.33. The van der Waals surface area contributed by atoms with Crippen LogP contribution in [0.4, 0.5) is 17.6 Å². The van der Waals surface area contributed by atoms with Gasteiger partial charge in [0.05, 0.1) is 5.92 Å². The van der Waals surface area contributed by atoms with Crippen molar-refractivity contribution in [2.24, 2.45) is 11.8 Å². The Bertz CT molecular complexity index is 484. The number of nitrogens with one attached hydrogen (secondary N) is 1. The van der Waals surface area contributed by atoms with Gasteiger partial charge in [-0.05, 0) is 56.3 Å². The minimum absolute atomic E-state index is 0.113. The minimum atomic E-state index is -4.13. The van der Waals surface area contributed by atoms with Crippen LogP contribution in [-0.4, -0.2) is 13.2 Å². The van der Waals surface area contributed by atoms with Gasteiger partial charge in [0.1, 0.15) is 5.82 Å². The zero-order chi connectivity index (χ0) is 15.6. The predicted octanol–water partition coefficient (Wildman–Crippen LogP) is 4.76. The van der Waals surface area contributed by atoms with Crippen LogP contribution in [0.25, 0.3) is 0 Å². The molecule has 0 heterocycles. The first-order valence-corrected chi connectivity index (χ1v) is 7.33. The number of hydrogen-bond donors (Lipinski definition) is 1. The van der Waals surface area contributed by atoms with Crippen molar-refractivity contribution in [3.63, 3.8) is 0 Å². The normalized spacial score (nSPS) is 24.9. The maximum absolute atomic E-state index is 13.7. The van der Waals surface area contributed by atoms with Gasteiger partial charge in [0, 0.05) is 6.04 Å². The summed E-state index contributed by atoms with van der Waals surface area (Å²) >= 11 is 0. The summed E-state index contributed by atoms with van der Waals surface area (Å²) in [5.74, 6) is -1.66. The van der Waals surface area contributed by atoms with E-state index in [2.05, 4.69) is 5.32 Å². The summed E-state index contributed by atoms with van der Waals surface area (Å²) in [6.07, 6.45) is -2.49. The molecule has 21 heavy (non-hydrogen) atoms. The van der Waals surface area contributed by atoms with Crippen molar-refractivity contribution < 1.29 is 17.6 Å². The molecule has 1 aliphatic rings. The Morgan fingerprint density at radius 3 is 2.52 bits per heavy atom. The smallest absolute Gasteiger partial charge is 0.313 e. The number of alkyl halides is 3. The highest BCUT2D eigenvalue weighted by Crippen LogP contribution is 2.43. The molecule has 118 valence electrons. The summed E-state index contributed by atoms with van der Waals surface area (Å²) in [7, 11) is 1.72. The number of aryl methyl sites for hydroxylation is 1. The van der Waals surface area contributed by atoms with Crippen LogP contribution < -0.4 is 5.32 Å². The van der Waals surface area contributed by atoms with E-state index in [1.54, 1.807) is 26.1 Å². The lowest BCUT2D eigenvalue weighted by atomic mass is 9.75. The van der Waals surface area contributed by atoms with E-state index in [0.29, 0.717) is 12.0 Å². The van der Waals surface area contributed by atoms with Crippen LogP contribution in [0.15, 0.2) is 18.2 Å². The third-order valence-corrected chi connectivity index (χ3v) is 4.52. The van der Waals surface area contributed by atoms with Crippen molar-refractivity contribution in [1.29, 1.82) is 0 Å². The number of halogens is 4. The second-order valence-electron chi connectivity index (χ2n) is 5.94. The van der Waals surface area contributed by atoms with Crippen LogP contribution >= 0.6 is 0 Å². The zero-order valence-corrected chi connectivity index (χ0v) is 12.3. The number of rotatable bonds is 3. The van der Waals surface area contributed by atoms with Crippen LogP contribution in [0, 0.1) is 24.6 Å². The molecule has 2 rings (SSSR count). The van der Waals surface area contributed by atoms with E-state index in [4.69, 9.17) is 0 Å². The van der Waals surface area contributed by atoms with Crippen molar-refractivity contribution >= 4 is 0 Å². The molecule has 0 aliphatic heterocycles. The monoisotopic (exact) mass is 303 g/mol. The van der Waals surface area contributed by atoms with E-state index in [1.807, 2.05) is 0 Å². The van der Waals surface area contributed by atoms with Gasteiger partial charge in [0.25, 0.3) is 0 Å². The summed E-state index contributed by atoms with van der Waals surface area (Å²) in [5.41, 5.74) is 1.28. The van der Waals surface area contributed by atoms with E-state index < -0.39 is 12.1 Å². The second kappa shape index (κ2) is 6.34. The molecular weight excluding hydrogens is 282 g/mol. The van der Waals surface area contributed by atoms with Crippen LogP contribution in [-0.2, 0) is 0 Å². The number of hydrogen-bond acceptors (Lipinski definition) is 1. The van der Waals surface area contributed by atoms with E-state index in [9.17, 15) is 17.6 Å². The molecule has 0 radical (unpaired) electrons. The van der Waals surface area contributed by atoms with Gasteiger partial charge in [-0.1, -0.05) is 18.6 Å². The Morgan fingerprint density at radius 2 is 1.95 bits per heavy atom. The van der Waals surface area contributed by atoms with Gasteiger partial charge in [0.2, 0.25) is 0 Å². The molecule has 1 fully saturated rings. The minimum Gasteiger partial charge on any atom is -0.313 e. The average Bonchev–Trinajstić information content (AvgIpc) is 2.43. The van der Waals surface area contributed by atoms with Gasteiger partial charge in [-0.25, -0.2) is 4.39 Å². The summed E-state index contributed by atoms with van der Waals surface area (Å²) in [4.78, 5) is 0. The summed E-state index contributed by atoms with van der Waals surface area (Å²) in [6, 6.07) is 4.69. The molecule has 3 atom stereocenters. The molecule has 1 N–H and O–H groups in total. The quantitative estimate of drug-likeness (QED) is 0.794. The third-order valence-electron chi connectivity index (χ3n) is 4.52. The Morgan fingerprint density at radius 1 is 1.24 bits per heavy atom. The van der Waals surface area contributed by atoms with Crippen molar-refractivity contribution in [2.45, 2.75) is 44.8 Å². The van der Waals surface area contributed by atoms with Gasteiger partial charge in [-0.15, -0.1) is 0 Å². The molecule has 0 bridgehead atoms. The van der Waals surface area contributed by atoms with Gasteiger partial charge < -0.3 is 5.32 Å². The lowest BCUT2D eigenvalue weighted by Gasteiger charge is -2.35. The Kier molecular flexibility index (Phi) is 4.91. The fourth-order valence-corrected chi connectivity index (χ4v) is 3.30. The van der Waals surface area contributed by atoms with Crippen LogP contribution in [0.1, 0.15) is 42.9 Å². The molecule has 0 saturated heterocycles. The highest BCUT2D eigenvalue weighted by Gasteiger charge is 2.43. The molecule has 0 aromatic heterocycles. The van der Waals surface area contributed by atoms with Crippen molar-refractivity contribution in [2.75, 3.05) is 7.05 Å². The average molecular weight is 303 g/mol. The maximum atomic E-state index is 13.7. The topological polar surface area (TPSA) is 12.0 Å². The van der Waals surface area contributed by atoms with Crippen LogP contribution in [0.3, 0.4) is 0 Å². The zero-order valence-electron chi connectivity index (χ0n) is 12.3. The predicted molar refractivity (Wildman–Crippen MR) is 74.4 cm³/mol. The van der Waals surface area contributed by atoms with Crippen molar-refractivity contribution in [3.05, 3.63) is 35.1 Å². The Balaban J connectivity index is 2.18. The fraction of sp³-hybridized carbons (Fsp3) is 0.625. The van der Waals surface area contributed by atoms with E-state index in [1.165, 1.54) is 6.07 Å². The highest BCUT2D eigenvalue weighted by atomic mass is 19.4. The molecule has 1 aromatic rings. The lowest BCUT2D eigenvalue weighted by molar-refractivity contribution is -0.186. The molecule has 0 amide bonds. The Labute approximate surface area is 122 Å². The van der Waals surface area contributed by atoms with Gasteiger partial charge in [0.15, 0.2) is 0 Å². The molecule has 1 saturated carbocycles. The van der Waals surface area contributed by atoms with Crippen LogP contribution in [0.2, 0.25) is 0 Å². The van der Waals surface area contributed by atoms with E-state index >= 15 is 0 Å². The first-order chi connectivity index (χ1) is 9.82. The molecule has 3 unspecified atom stereocenters. The number of benzene rings is 1. The Hall–Kier alpha value is -1.10. The first kappa shape index (κ1) is 16.3. The fourth-order valence-electron chi connectivity index (χ4n) is 3.30. The van der Waals surface area contributed by atoms with Crippen LogP contribution in [0.5, 0.6) is 0 Å². The molecular formula is C16H21F4N. The van der Waals surface area contributed by atoms with Crippen molar-refractivity contribution in [3.8, 4) is 0 Å². The van der Waals surface area contributed by atoms with Gasteiger partial charge in [-0.3, -0.25) is 0 Å². The standard InChI is InChI=1S/C16H21F4N/c1-10-6-7-12(9-14(10)17)15(21-2)11-4-3-5-13(8-11)16(18,19)20/h6-7,9,11,13,15,21H,3-5,8H2,1-2H3. The molecule has 1 aliphatic carbocycles. The maximum Gasteiger partial charge on any atom is 0.391 e. The van der Waals surface area contributed by atoms with Gasteiger partial charge in [-0.2, -0.15) is 13.2 Å². The van der Waals surface area contributed by atoms with Gasteiger partial charge >= 0.3 is 6.18 Å². The second-order valence-corrected chi connectivity index (χ2v) is 5.94. The lowest BCUT2D eigenvalue weighted by Crippen LogP contribution is -2.34. The SMILES string of the molecule is CNC(c1ccc(C)c(F)c1)C1CCCC(C(F)(F)F)C1. The molecule has 1 aromatic carbocycles. The summed E-state index contributed by atoms with van der Waals surface area (Å²) in [6.45, 7) is 1.67. The molecule has 0 spiro atoms. The summed E-state index contributed by atoms with van der Waals surface area (Å²) in [5, 5.41) is 3.07. The van der Waals surface area contributed by atoms with Crippen molar-refractivity contribution in [1.82, 2.24) is 5.32 Å².